The predicted octanol–water partition coefficient (Wildman–Crippen LogP) is 5.07. The van der Waals surface area contributed by atoms with Crippen LogP contribution in [0.4, 0.5) is 13.2 Å². The van der Waals surface area contributed by atoms with Crippen molar-refractivity contribution >= 4 is 12.2 Å². The van der Waals surface area contributed by atoms with Crippen LogP contribution in [0.3, 0.4) is 0 Å². The summed E-state index contributed by atoms with van der Waals surface area (Å²) in [6.07, 6.45) is 2.02. The molecular formula is C23H26F3N5S. The van der Waals surface area contributed by atoms with Crippen LogP contribution in [-0.2, 0) is 13.2 Å². The number of benzene rings is 2. The second kappa shape index (κ2) is 9.17. The van der Waals surface area contributed by atoms with Gasteiger partial charge in [-0.15, -0.1) is 0 Å². The maximum absolute atomic E-state index is 14.3. The van der Waals surface area contributed by atoms with Crippen molar-refractivity contribution in [1.82, 2.24) is 24.1 Å². The Labute approximate surface area is 190 Å². The Hall–Kier alpha value is -2.49. The van der Waals surface area contributed by atoms with Crippen molar-refractivity contribution in [3.63, 3.8) is 0 Å². The van der Waals surface area contributed by atoms with Gasteiger partial charge in [0.1, 0.15) is 17.5 Å². The molecule has 170 valence electrons. The summed E-state index contributed by atoms with van der Waals surface area (Å²) in [6, 6.07) is 10.1. The van der Waals surface area contributed by atoms with Crippen molar-refractivity contribution in [3.05, 3.63) is 76.1 Å². The van der Waals surface area contributed by atoms with Gasteiger partial charge in [-0.1, -0.05) is 6.07 Å². The predicted molar refractivity (Wildman–Crippen MR) is 119 cm³/mol. The van der Waals surface area contributed by atoms with Crippen LogP contribution in [0.25, 0.3) is 5.69 Å². The Morgan fingerprint density at radius 3 is 2.31 bits per heavy atom. The molecule has 1 aliphatic rings. The summed E-state index contributed by atoms with van der Waals surface area (Å²) in [5, 5.41) is 4.80. The quantitative estimate of drug-likeness (QED) is 0.439. The van der Waals surface area contributed by atoms with Gasteiger partial charge in [0, 0.05) is 29.9 Å². The molecule has 2 aromatic carbocycles. The molecule has 3 aromatic rings. The van der Waals surface area contributed by atoms with Crippen molar-refractivity contribution in [2.75, 3.05) is 14.1 Å². The highest BCUT2D eigenvalue weighted by atomic mass is 32.1. The second-order valence-corrected chi connectivity index (χ2v) is 8.81. The van der Waals surface area contributed by atoms with E-state index in [0.717, 1.165) is 30.4 Å². The van der Waals surface area contributed by atoms with Crippen LogP contribution in [0, 0.1) is 22.2 Å². The van der Waals surface area contributed by atoms with Crippen LogP contribution in [0.2, 0.25) is 0 Å². The molecule has 0 bridgehead atoms. The van der Waals surface area contributed by atoms with Crippen LogP contribution in [-0.4, -0.2) is 44.3 Å². The lowest BCUT2D eigenvalue weighted by Gasteiger charge is -2.22. The molecule has 1 heterocycles. The third kappa shape index (κ3) is 4.79. The Morgan fingerprint density at radius 1 is 1.06 bits per heavy atom. The van der Waals surface area contributed by atoms with Crippen LogP contribution >= 0.6 is 12.2 Å². The van der Waals surface area contributed by atoms with E-state index in [1.807, 2.05) is 30.5 Å². The molecule has 1 aliphatic carbocycles. The summed E-state index contributed by atoms with van der Waals surface area (Å²) in [4.78, 5) is 4.13. The van der Waals surface area contributed by atoms with E-state index in [4.69, 9.17) is 17.3 Å². The molecule has 0 N–H and O–H groups in total. The summed E-state index contributed by atoms with van der Waals surface area (Å²) >= 11 is 5.77. The highest BCUT2D eigenvalue weighted by molar-refractivity contribution is 7.71. The van der Waals surface area contributed by atoms with E-state index < -0.39 is 11.6 Å². The van der Waals surface area contributed by atoms with E-state index >= 15 is 0 Å². The summed E-state index contributed by atoms with van der Waals surface area (Å²) in [5.41, 5.74) is 1.17. The zero-order valence-corrected chi connectivity index (χ0v) is 19.1. The fraction of sp³-hybridized carbons (Fsp3) is 0.391. The third-order valence-electron chi connectivity index (χ3n) is 5.86. The van der Waals surface area contributed by atoms with Crippen molar-refractivity contribution in [2.45, 2.75) is 45.1 Å². The van der Waals surface area contributed by atoms with E-state index in [9.17, 15) is 13.2 Å². The van der Waals surface area contributed by atoms with E-state index in [0.29, 0.717) is 29.6 Å². The monoisotopic (exact) mass is 461 g/mol. The molecule has 32 heavy (non-hydrogen) atoms. The second-order valence-electron chi connectivity index (χ2n) is 8.45. The van der Waals surface area contributed by atoms with Gasteiger partial charge < -0.3 is 0 Å². The minimum atomic E-state index is -0.591. The number of rotatable bonds is 8. The lowest BCUT2D eigenvalue weighted by Crippen LogP contribution is -2.29. The third-order valence-corrected chi connectivity index (χ3v) is 6.26. The van der Waals surface area contributed by atoms with E-state index in [1.165, 1.54) is 24.3 Å². The smallest absolute Gasteiger partial charge is 0.203 e. The first kappa shape index (κ1) is 22.7. The maximum Gasteiger partial charge on any atom is 0.203 e. The highest BCUT2D eigenvalue weighted by Crippen LogP contribution is 2.30. The van der Waals surface area contributed by atoms with E-state index in [1.54, 1.807) is 16.8 Å². The molecule has 1 atom stereocenters. The van der Waals surface area contributed by atoms with Gasteiger partial charge in [0.05, 0.1) is 12.7 Å². The first-order chi connectivity index (χ1) is 15.2. The van der Waals surface area contributed by atoms with Gasteiger partial charge in [0.2, 0.25) is 4.77 Å². The molecule has 1 saturated carbocycles. The standard InChI is InChI=1S/C23H26F3N5S/c1-15(28(2)3)22-27-30(23(32)31(22)20-8-6-17(24)7-9-20)14-29(19-10-11-19)13-16-4-5-18(25)12-21(16)26/h4-9,12,15,19H,10-11,13-14H2,1-3H3. The van der Waals surface area contributed by atoms with Gasteiger partial charge in [-0.25, -0.2) is 17.9 Å². The lowest BCUT2D eigenvalue weighted by molar-refractivity contribution is 0.183. The van der Waals surface area contributed by atoms with E-state index in [2.05, 4.69) is 4.90 Å². The summed E-state index contributed by atoms with van der Waals surface area (Å²) < 4.78 is 45.2. The van der Waals surface area contributed by atoms with Crippen molar-refractivity contribution in [3.8, 4) is 5.69 Å². The number of hydrogen-bond donors (Lipinski definition) is 0. The maximum atomic E-state index is 14.3. The van der Waals surface area contributed by atoms with Crippen molar-refractivity contribution in [2.24, 2.45) is 0 Å². The zero-order valence-electron chi connectivity index (χ0n) is 18.3. The summed E-state index contributed by atoms with van der Waals surface area (Å²) in [6.45, 7) is 2.73. The van der Waals surface area contributed by atoms with Gasteiger partial charge in [0.25, 0.3) is 0 Å². The van der Waals surface area contributed by atoms with Crippen LogP contribution in [0.5, 0.6) is 0 Å². The molecule has 0 saturated heterocycles. The Morgan fingerprint density at radius 2 is 1.72 bits per heavy atom. The van der Waals surface area contributed by atoms with Gasteiger partial charge in [-0.05, 0) is 76.4 Å². The molecule has 1 aromatic heterocycles. The molecule has 5 nitrogen and oxygen atoms in total. The number of hydrogen-bond acceptors (Lipinski definition) is 4. The summed E-state index contributed by atoms with van der Waals surface area (Å²) in [7, 11) is 3.91. The minimum absolute atomic E-state index is 0.0491. The molecule has 1 fully saturated rings. The zero-order chi connectivity index (χ0) is 23.0. The Bertz CT molecular complexity index is 1150. The first-order valence-corrected chi connectivity index (χ1v) is 11.0. The number of nitrogens with zero attached hydrogens (tertiary/aromatic N) is 5. The summed E-state index contributed by atoms with van der Waals surface area (Å²) in [5.74, 6) is -0.740. The van der Waals surface area contributed by atoms with Gasteiger partial charge in [-0.3, -0.25) is 14.4 Å². The van der Waals surface area contributed by atoms with Crippen LogP contribution in [0.1, 0.15) is 37.2 Å². The normalized spacial score (nSPS) is 15.0. The van der Waals surface area contributed by atoms with E-state index in [-0.39, 0.29) is 11.9 Å². The molecular weight excluding hydrogens is 435 g/mol. The average Bonchev–Trinajstić information content (AvgIpc) is 3.54. The molecule has 0 spiro atoms. The van der Waals surface area contributed by atoms with Gasteiger partial charge in [-0.2, -0.15) is 5.10 Å². The number of halogens is 3. The molecule has 1 unspecified atom stereocenters. The van der Waals surface area contributed by atoms with Crippen molar-refractivity contribution in [1.29, 1.82) is 0 Å². The van der Waals surface area contributed by atoms with Crippen LogP contribution in [0.15, 0.2) is 42.5 Å². The Balaban J connectivity index is 1.70. The SMILES string of the molecule is CC(c1nn(CN(Cc2ccc(F)cc2F)C2CC2)c(=S)n1-c1ccc(F)cc1)N(C)C. The van der Waals surface area contributed by atoms with Crippen LogP contribution < -0.4 is 0 Å². The Kier molecular flexibility index (Phi) is 6.50. The largest absolute Gasteiger partial charge is 0.300 e. The van der Waals surface area contributed by atoms with Crippen molar-refractivity contribution < 1.29 is 13.2 Å². The lowest BCUT2D eigenvalue weighted by atomic mass is 10.2. The van der Waals surface area contributed by atoms with Gasteiger partial charge >= 0.3 is 0 Å². The number of aromatic nitrogens is 3. The first-order valence-electron chi connectivity index (χ1n) is 10.5. The molecule has 4 rings (SSSR count). The fourth-order valence-corrected chi connectivity index (χ4v) is 3.92. The average molecular weight is 462 g/mol. The highest BCUT2D eigenvalue weighted by Gasteiger charge is 2.31. The molecule has 9 heteroatoms. The minimum Gasteiger partial charge on any atom is -0.300 e. The molecule has 0 amide bonds. The molecule has 0 radical (unpaired) electrons. The molecule has 0 aliphatic heterocycles. The van der Waals surface area contributed by atoms with Gasteiger partial charge in [0.15, 0.2) is 5.82 Å². The fourth-order valence-electron chi connectivity index (χ4n) is 3.63. The topological polar surface area (TPSA) is 29.2 Å².